The fraction of sp³-hybridized carbons (Fsp3) is 0.579. The zero-order valence-electron chi connectivity index (χ0n) is 15.2. The molecule has 0 saturated carbocycles. The van der Waals surface area contributed by atoms with Crippen molar-refractivity contribution in [2.75, 3.05) is 18.0 Å². The molecule has 1 unspecified atom stereocenters. The number of aromatic nitrogens is 5. The molecule has 5 rings (SSSR count). The minimum Gasteiger partial charge on any atom is -0.355 e. The maximum atomic E-state index is 4.76. The number of rotatable bonds is 2. The summed E-state index contributed by atoms with van der Waals surface area (Å²) in [6.07, 6.45) is 12.2. The molecule has 0 bridgehead atoms. The molecule has 4 heterocycles. The second-order valence-electron chi connectivity index (χ2n) is 7.53. The van der Waals surface area contributed by atoms with Gasteiger partial charge >= 0.3 is 0 Å². The Bertz CT molecular complexity index is 929. The van der Waals surface area contributed by atoms with Crippen molar-refractivity contribution < 1.29 is 0 Å². The first-order valence-electron chi connectivity index (χ1n) is 9.65. The van der Waals surface area contributed by atoms with E-state index in [0.29, 0.717) is 5.92 Å². The van der Waals surface area contributed by atoms with Gasteiger partial charge in [-0.1, -0.05) is 6.42 Å². The Morgan fingerprint density at radius 2 is 2.04 bits per heavy atom. The monoisotopic (exact) mass is 368 g/mol. The molecule has 1 atom stereocenters. The van der Waals surface area contributed by atoms with Gasteiger partial charge in [0.05, 0.1) is 5.39 Å². The number of hydrogen-bond donors (Lipinski definition) is 0. The molecule has 1 aliphatic heterocycles. The van der Waals surface area contributed by atoms with Crippen molar-refractivity contribution in [3.63, 3.8) is 0 Å². The number of aryl methyl sites for hydroxylation is 3. The van der Waals surface area contributed by atoms with Crippen LogP contribution >= 0.6 is 11.3 Å². The second-order valence-corrected chi connectivity index (χ2v) is 8.61. The molecule has 0 aromatic carbocycles. The van der Waals surface area contributed by atoms with E-state index in [-0.39, 0.29) is 0 Å². The average Bonchev–Trinajstić information content (AvgIpc) is 3.17. The highest BCUT2D eigenvalue weighted by atomic mass is 32.1. The average molecular weight is 369 g/mol. The molecular formula is C19H24N6S. The normalized spacial score (nSPS) is 21.0. The Balaban J connectivity index is 1.54. The third kappa shape index (κ3) is 2.69. The summed E-state index contributed by atoms with van der Waals surface area (Å²) in [7, 11) is 2.04. The number of thiophene rings is 1. The molecule has 1 saturated heterocycles. The number of piperidine rings is 1. The van der Waals surface area contributed by atoms with E-state index in [0.717, 1.165) is 31.2 Å². The third-order valence-corrected chi connectivity index (χ3v) is 7.01. The van der Waals surface area contributed by atoms with Gasteiger partial charge in [0.2, 0.25) is 0 Å². The number of anilines is 1. The maximum absolute atomic E-state index is 4.76. The predicted octanol–water partition coefficient (Wildman–Crippen LogP) is 3.47. The van der Waals surface area contributed by atoms with Crippen LogP contribution in [0.25, 0.3) is 10.2 Å². The van der Waals surface area contributed by atoms with Crippen LogP contribution in [0.15, 0.2) is 12.7 Å². The van der Waals surface area contributed by atoms with Gasteiger partial charge in [-0.3, -0.25) is 0 Å². The van der Waals surface area contributed by atoms with Gasteiger partial charge in [-0.25, -0.2) is 9.97 Å². The van der Waals surface area contributed by atoms with E-state index in [2.05, 4.69) is 24.6 Å². The summed E-state index contributed by atoms with van der Waals surface area (Å²) in [6, 6.07) is 0. The van der Waals surface area contributed by atoms with Gasteiger partial charge in [0.15, 0.2) is 0 Å². The van der Waals surface area contributed by atoms with Crippen LogP contribution in [0, 0.1) is 0 Å². The molecule has 0 radical (unpaired) electrons. The fourth-order valence-electron chi connectivity index (χ4n) is 4.53. The van der Waals surface area contributed by atoms with Crippen molar-refractivity contribution in [3.05, 3.63) is 28.9 Å². The third-order valence-electron chi connectivity index (χ3n) is 5.81. The first-order valence-corrected chi connectivity index (χ1v) is 10.5. The van der Waals surface area contributed by atoms with E-state index in [1.165, 1.54) is 54.3 Å². The smallest absolute Gasteiger partial charge is 0.141 e. The van der Waals surface area contributed by atoms with Crippen LogP contribution < -0.4 is 4.90 Å². The molecule has 3 aromatic heterocycles. The van der Waals surface area contributed by atoms with Crippen LogP contribution in [0.2, 0.25) is 0 Å². The van der Waals surface area contributed by atoms with Crippen molar-refractivity contribution in [3.8, 4) is 0 Å². The van der Waals surface area contributed by atoms with Crippen LogP contribution in [0.5, 0.6) is 0 Å². The molecule has 0 N–H and O–H groups in total. The van der Waals surface area contributed by atoms with Crippen molar-refractivity contribution in [2.24, 2.45) is 7.05 Å². The zero-order valence-corrected chi connectivity index (χ0v) is 16.0. The quantitative estimate of drug-likeness (QED) is 0.648. The van der Waals surface area contributed by atoms with E-state index in [4.69, 9.17) is 4.98 Å². The van der Waals surface area contributed by atoms with Gasteiger partial charge in [-0.2, -0.15) is 0 Å². The molecule has 1 aliphatic carbocycles. The molecule has 3 aromatic rings. The van der Waals surface area contributed by atoms with E-state index < -0.39 is 0 Å². The Hall–Kier alpha value is -2.02. The first-order chi connectivity index (χ1) is 12.8. The van der Waals surface area contributed by atoms with E-state index in [1.54, 1.807) is 17.5 Å². The van der Waals surface area contributed by atoms with Gasteiger partial charge in [-0.15, -0.1) is 21.5 Å². The van der Waals surface area contributed by atoms with E-state index in [1.807, 2.05) is 18.4 Å². The number of nitrogens with zero attached hydrogens (tertiary/aromatic N) is 6. The molecule has 1 fully saturated rings. The molecule has 2 aliphatic rings. The van der Waals surface area contributed by atoms with Crippen LogP contribution in [-0.4, -0.2) is 37.8 Å². The number of fused-ring (bicyclic) bond motifs is 3. The fourth-order valence-corrected chi connectivity index (χ4v) is 5.76. The molecule has 136 valence electrons. The standard InChI is InChI=1S/C19H24N6S/c1-24-12-22-23-17(24)13-6-5-9-25(10-13)18-16-14-7-3-2-4-8-15(14)26-19(16)21-11-20-18/h11-13H,2-10H2,1H3. The van der Waals surface area contributed by atoms with E-state index in [9.17, 15) is 0 Å². The van der Waals surface area contributed by atoms with Gasteiger partial charge in [0, 0.05) is 30.9 Å². The Kier molecular flexibility index (Phi) is 4.11. The largest absolute Gasteiger partial charge is 0.355 e. The highest BCUT2D eigenvalue weighted by molar-refractivity contribution is 7.18. The first kappa shape index (κ1) is 16.2. The Morgan fingerprint density at radius 1 is 1.12 bits per heavy atom. The summed E-state index contributed by atoms with van der Waals surface area (Å²) in [5.74, 6) is 2.64. The highest BCUT2D eigenvalue weighted by Crippen LogP contribution is 2.40. The van der Waals surface area contributed by atoms with Gasteiger partial charge in [0.25, 0.3) is 0 Å². The van der Waals surface area contributed by atoms with Crippen LogP contribution in [0.4, 0.5) is 5.82 Å². The lowest BCUT2D eigenvalue weighted by Crippen LogP contribution is -2.36. The van der Waals surface area contributed by atoms with Gasteiger partial charge in [0.1, 0.15) is 29.1 Å². The van der Waals surface area contributed by atoms with Gasteiger partial charge in [-0.05, 0) is 44.1 Å². The predicted molar refractivity (Wildman–Crippen MR) is 104 cm³/mol. The topological polar surface area (TPSA) is 59.7 Å². The summed E-state index contributed by atoms with van der Waals surface area (Å²) in [5, 5.41) is 9.76. The van der Waals surface area contributed by atoms with Crippen LogP contribution in [-0.2, 0) is 19.9 Å². The molecule has 7 heteroatoms. The highest BCUT2D eigenvalue weighted by Gasteiger charge is 2.28. The van der Waals surface area contributed by atoms with Crippen molar-refractivity contribution in [1.29, 1.82) is 0 Å². The Labute approximate surface area is 157 Å². The lowest BCUT2D eigenvalue weighted by molar-refractivity contribution is 0.478. The van der Waals surface area contributed by atoms with Gasteiger partial charge < -0.3 is 9.47 Å². The van der Waals surface area contributed by atoms with Crippen LogP contribution in [0.3, 0.4) is 0 Å². The molecule has 0 amide bonds. The van der Waals surface area contributed by atoms with Crippen molar-refractivity contribution in [2.45, 2.75) is 50.9 Å². The summed E-state index contributed by atoms with van der Waals surface area (Å²) in [4.78, 5) is 14.5. The molecule has 6 nitrogen and oxygen atoms in total. The SMILES string of the molecule is Cn1cnnc1C1CCCN(c2ncnc3sc4c(c23)CCCCC4)C1. The van der Waals surface area contributed by atoms with Crippen LogP contribution in [0.1, 0.15) is 54.3 Å². The summed E-state index contributed by atoms with van der Waals surface area (Å²) >= 11 is 1.89. The maximum Gasteiger partial charge on any atom is 0.141 e. The Morgan fingerprint density at radius 3 is 2.92 bits per heavy atom. The van der Waals surface area contributed by atoms with Crippen molar-refractivity contribution >= 4 is 27.4 Å². The van der Waals surface area contributed by atoms with Crippen molar-refractivity contribution in [1.82, 2.24) is 24.7 Å². The minimum absolute atomic E-state index is 0.415. The second kappa shape index (κ2) is 6.61. The molecule has 0 spiro atoms. The lowest BCUT2D eigenvalue weighted by atomic mass is 9.96. The number of hydrogen-bond acceptors (Lipinski definition) is 6. The molecule has 26 heavy (non-hydrogen) atoms. The minimum atomic E-state index is 0.415. The lowest BCUT2D eigenvalue weighted by Gasteiger charge is -2.33. The molecular weight excluding hydrogens is 344 g/mol. The summed E-state index contributed by atoms with van der Waals surface area (Å²) < 4.78 is 2.06. The summed E-state index contributed by atoms with van der Waals surface area (Å²) in [6.45, 7) is 2.02. The zero-order chi connectivity index (χ0) is 17.5. The van der Waals surface area contributed by atoms with E-state index >= 15 is 0 Å². The summed E-state index contributed by atoms with van der Waals surface area (Å²) in [5.41, 5.74) is 1.53.